The Kier molecular flexibility index (Phi) is 7.20. The topological polar surface area (TPSA) is 55.2 Å². The van der Waals surface area contributed by atoms with Crippen molar-refractivity contribution >= 4 is 28.1 Å². The normalized spacial score (nSPS) is 12.2. The standard InChI is InChI=1S/C23H29N3O2S/c1-4-7-15-25(23(28)20-13-10-16-29-20)19(6-3)21-24-18-12-9-8-11-17(18)22(27)26(21)14-5-2/h8-13,16,19H,4-7,14-15H2,1-3H3. The Bertz CT molecular complexity index is 1010. The van der Waals surface area contributed by atoms with Gasteiger partial charge in [0, 0.05) is 13.1 Å². The second-order valence-electron chi connectivity index (χ2n) is 7.20. The third kappa shape index (κ3) is 4.42. The summed E-state index contributed by atoms with van der Waals surface area (Å²) in [4.78, 5) is 34.1. The van der Waals surface area contributed by atoms with E-state index >= 15 is 0 Å². The average Bonchev–Trinajstić information content (AvgIpc) is 3.28. The van der Waals surface area contributed by atoms with Crippen molar-refractivity contribution in [3.8, 4) is 0 Å². The molecule has 1 atom stereocenters. The number of carbonyl (C=O) groups excluding carboxylic acids is 1. The van der Waals surface area contributed by atoms with Crippen LogP contribution in [-0.2, 0) is 6.54 Å². The fourth-order valence-corrected chi connectivity index (χ4v) is 4.37. The summed E-state index contributed by atoms with van der Waals surface area (Å²) in [7, 11) is 0. The summed E-state index contributed by atoms with van der Waals surface area (Å²) >= 11 is 1.46. The minimum atomic E-state index is -0.236. The first-order valence-electron chi connectivity index (χ1n) is 10.5. The van der Waals surface area contributed by atoms with E-state index in [1.807, 2.05) is 46.7 Å². The maximum Gasteiger partial charge on any atom is 0.264 e. The molecular formula is C23H29N3O2S. The molecule has 5 nitrogen and oxygen atoms in total. The molecule has 2 aromatic heterocycles. The lowest BCUT2D eigenvalue weighted by Gasteiger charge is -2.32. The van der Waals surface area contributed by atoms with Crippen LogP contribution in [0, 0.1) is 0 Å². The molecule has 0 N–H and O–H groups in total. The third-order valence-corrected chi connectivity index (χ3v) is 6.00. The summed E-state index contributed by atoms with van der Waals surface area (Å²) in [6.45, 7) is 7.48. The van der Waals surface area contributed by atoms with Gasteiger partial charge in [-0.1, -0.05) is 45.4 Å². The zero-order valence-electron chi connectivity index (χ0n) is 17.4. The molecule has 0 radical (unpaired) electrons. The highest BCUT2D eigenvalue weighted by molar-refractivity contribution is 7.12. The second kappa shape index (κ2) is 9.83. The number of rotatable bonds is 9. The van der Waals surface area contributed by atoms with Crippen LogP contribution < -0.4 is 5.56 Å². The first-order chi connectivity index (χ1) is 14.1. The van der Waals surface area contributed by atoms with Gasteiger partial charge in [0.25, 0.3) is 11.5 Å². The zero-order chi connectivity index (χ0) is 20.8. The van der Waals surface area contributed by atoms with Gasteiger partial charge in [0.1, 0.15) is 5.82 Å². The van der Waals surface area contributed by atoms with Crippen molar-refractivity contribution in [2.75, 3.05) is 6.54 Å². The Labute approximate surface area is 176 Å². The van der Waals surface area contributed by atoms with Crippen molar-refractivity contribution in [1.29, 1.82) is 0 Å². The molecule has 6 heteroatoms. The molecular weight excluding hydrogens is 382 g/mol. The Hall–Kier alpha value is -2.47. The van der Waals surface area contributed by atoms with Gasteiger partial charge >= 0.3 is 0 Å². The molecule has 154 valence electrons. The van der Waals surface area contributed by atoms with Crippen LogP contribution in [0.15, 0.2) is 46.6 Å². The fourth-order valence-electron chi connectivity index (χ4n) is 3.69. The smallest absolute Gasteiger partial charge is 0.264 e. The zero-order valence-corrected chi connectivity index (χ0v) is 18.2. The van der Waals surface area contributed by atoms with Crippen molar-refractivity contribution in [3.05, 3.63) is 62.8 Å². The number of thiophene rings is 1. The number of aromatic nitrogens is 2. The van der Waals surface area contributed by atoms with Crippen LogP contribution in [0.3, 0.4) is 0 Å². The van der Waals surface area contributed by atoms with Crippen LogP contribution in [0.2, 0.25) is 0 Å². The highest BCUT2D eigenvalue weighted by Crippen LogP contribution is 2.27. The summed E-state index contributed by atoms with van der Waals surface area (Å²) in [5, 5.41) is 2.55. The molecule has 1 aromatic carbocycles. The lowest BCUT2D eigenvalue weighted by Crippen LogP contribution is -2.39. The Morgan fingerprint density at radius 3 is 2.59 bits per heavy atom. The fraction of sp³-hybridized carbons (Fsp3) is 0.435. The summed E-state index contributed by atoms with van der Waals surface area (Å²) in [6.07, 6.45) is 3.45. The first kappa shape index (κ1) is 21.2. The quantitative estimate of drug-likeness (QED) is 0.482. The highest BCUT2D eigenvalue weighted by atomic mass is 32.1. The van der Waals surface area contributed by atoms with Gasteiger partial charge in [-0.15, -0.1) is 11.3 Å². The lowest BCUT2D eigenvalue weighted by atomic mass is 10.1. The Balaban J connectivity index is 2.15. The van der Waals surface area contributed by atoms with Gasteiger partial charge < -0.3 is 4.90 Å². The number of hydrogen-bond donors (Lipinski definition) is 0. The molecule has 3 rings (SSSR count). The number of hydrogen-bond acceptors (Lipinski definition) is 4. The number of unbranched alkanes of at least 4 members (excludes halogenated alkanes) is 1. The molecule has 0 spiro atoms. The lowest BCUT2D eigenvalue weighted by molar-refractivity contribution is 0.0658. The van der Waals surface area contributed by atoms with Gasteiger partial charge in [-0.3, -0.25) is 14.2 Å². The first-order valence-corrected chi connectivity index (χ1v) is 11.3. The number of carbonyl (C=O) groups is 1. The van der Waals surface area contributed by atoms with E-state index in [1.165, 1.54) is 11.3 Å². The second-order valence-corrected chi connectivity index (χ2v) is 8.15. The molecule has 0 saturated heterocycles. The minimum absolute atomic E-state index is 0.0192. The molecule has 1 amide bonds. The molecule has 0 aliphatic heterocycles. The van der Waals surface area contributed by atoms with Crippen molar-refractivity contribution in [1.82, 2.24) is 14.5 Å². The predicted molar refractivity (Wildman–Crippen MR) is 120 cm³/mol. The molecule has 1 unspecified atom stereocenters. The van der Waals surface area contributed by atoms with E-state index in [0.717, 1.165) is 24.1 Å². The number of benzene rings is 1. The third-order valence-electron chi connectivity index (χ3n) is 5.14. The maximum atomic E-state index is 13.3. The molecule has 0 fully saturated rings. The van der Waals surface area contributed by atoms with E-state index in [9.17, 15) is 9.59 Å². The average molecular weight is 412 g/mol. The molecule has 3 aromatic rings. The number of amides is 1. The van der Waals surface area contributed by atoms with Crippen LogP contribution in [-0.4, -0.2) is 26.9 Å². The van der Waals surface area contributed by atoms with Crippen LogP contribution in [0.1, 0.15) is 68.0 Å². The van der Waals surface area contributed by atoms with Crippen molar-refractivity contribution < 1.29 is 4.79 Å². The summed E-state index contributed by atoms with van der Waals surface area (Å²) in [5.41, 5.74) is 0.669. The number of nitrogens with zero attached hydrogens (tertiary/aromatic N) is 3. The number of fused-ring (bicyclic) bond motifs is 1. The van der Waals surface area contributed by atoms with Gasteiger partial charge in [0.2, 0.25) is 0 Å². The van der Waals surface area contributed by atoms with E-state index in [1.54, 1.807) is 4.57 Å². The van der Waals surface area contributed by atoms with Gasteiger partial charge in [-0.25, -0.2) is 4.98 Å². The van der Waals surface area contributed by atoms with Gasteiger partial charge in [0.05, 0.1) is 21.8 Å². The summed E-state index contributed by atoms with van der Waals surface area (Å²) < 4.78 is 1.77. The van der Waals surface area contributed by atoms with Crippen LogP contribution >= 0.6 is 11.3 Å². The SMILES string of the molecule is CCCCN(C(=O)c1cccs1)C(CC)c1nc2ccccc2c(=O)n1CCC. The van der Waals surface area contributed by atoms with Gasteiger partial charge in [-0.05, 0) is 42.8 Å². The van der Waals surface area contributed by atoms with E-state index < -0.39 is 0 Å². The molecule has 0 bridgehead atoms. The Morgan fingerprint density at radius 1 is 1.14 bits per heavy atom. The van der Waals surface area contributed by atoms with E-state index in [4.69, 9.17) is 4.98 Å². The van der Waals surface area contributed by atoms with E-state index in [0.29, 0.717) is 36.2 Å². The molecule has 29 heavy (non-hydrogen) atoms. The van der Waals surface area contributed by atoms with Gasteiger partial charge in [0.15, 0.2) is 0 Å². The van der Waals surface area contributed by atoms with Crippen LogP contribution in [0.25, 0.3) is 10.9 Å². The molecule has 0 saturated carbocycles. The minimum Gasteiger partial charge on any atom is -0.328 e. The van der Waals surface area contributed by atoms with E-state index in [-0.39, 0.29) is 17.5 Å². The van der Waals surface area contributed by atoms with Crippen molar-refractivity contribution in [3.63, 3.8) is 0 Å². The summed E-state index contributed by atoms with van der Waals surface area (Å²) in [6, 6.07) is 11.0. The van der Waals surface area contributed by atoms with Crippen molar-refractivity contribution in [2.45, 2.75) is 59.0 Å². The monoisotopic (exact) mass is 411 g/mol. The predicted octanol–water partition coefficient (Wildman–Crippen LogP) is 5.26. The van der Waals surface area contributed by atoms with E-state index in [2.05, 4.69) is 20.8 Å². The van der Waals surface area contributed by atoms with Crippen molar-refractivity contribution in [2.24, 2.45) is 0 Å². The molecule has 0 aliphatic rings. The largest absolute Gasteiger partial charge is 0.328 e. The molecule has 2 heterocycles. The van der Waals surface area contributed by atoms with Gasteiger partial charge in [-0.2, -0.15) is 0 Å². The summed E-state index contributed by atoms with van der Waals surface area (Å²) in [5.74, 6) is 0.713. The highest BCUT2D eigenvalue weighted by Gasteiger charge is 2.29. The molecule has 0 aliphatic carbocycles. The Morgan fingerprint density at radius 2 is 1.93 bits per heavy atom. The van der Waals surface area contributed by atoms with Crippen LogP contribution in [0.4, 0.5) is 0 Å². The van der Waals surface area contributed by atoms with Crippen LogP contribution in [0.5, 0.6) is 0 Å². The maximum absolute atomic E-state index is 13.3. The number of para-hydroxylation sites is 1.